The highest BCUT2D eigenvalue weighted by Gasteiger charge is 2.14. The molecule has 54 valence electrons. The van der Waals surface area contributed by atoms with Crippen LogP contribution < -0.4 is 0 Å². The Kier molecular flexibility index (Phi) is 3.95. The van der Waals surface area contributed by atoms with Gasteiger partial charge in [0.05, 0.1) is 0 Å². The van der Waals surface area contributed by atoms with E-state index in [4.69, 9.17) is 0 Å². The zero-order chi connectivity index (χ0) is 7.33. The van der Waals surface area contributed by atoms with Gasteiger partial charge in [-0.1, -0.05) is 13.8 Å². The quantitative estimate of drug-likeness (QED) is 0.564. The lowest BCUT2D eigenvalue weighted by Crippen LogP contribution is -2.13. The van der Waals surface area contributed by atoms with Crippen molar-refractivity contribution in [1.29, 1.82) is 0 Å². The average molecular weight is 146 g/mol. The van der Waals surface area contributed by atoms with E-state index in [1.807, 2.05) is 13.8 Å². The number of carbonyl (C=O) groups is 1. The molecule has 2 heteroatoms. The Morgan fingerprint density at radius 1 is 1.56 bits per heavy atom. The molecule has 0 unspecified atom stereocenters. The van der Waals surface area contributed by atoms with Gasteiger partial charge in [0.2, 0.25) is 0 Å². The summed E-state index contributed by atoms with van der Waals surface area (Å²) in [5.74, 6) is 1.08. The van der Waals surface area contributed by atoms with Gasteiger partial charge in [0.25, 0.3) is 0 Å². The van der Waals surface area contributed by atoms with Crippen LogP contribution in [0.15, 0.2) is 0 Å². The molecular formula is C7H14OS. The summed E-state index contributed by atoms with van der Waals surface area (Å²) in [6.07, 6.45) is 4.07. The van der Waals surface area contributed by atoms with Crippen molar-refractivity contribution in [3.05, 3.63) is 0 Å². The van der Waals surface area contributed by atoms with Gasteiger partial charge in [0.15, 0.2) is 0 Å². The molecule has 0 aliphatic heterocycles. The fourth-order valence-corrected chi connectivity index (χ4v) is 1.15. The lowest BCUT2D eigenvalue weighted by molar-refractivity contribution is -0.114. The molecule has 0 saturated carbocycles. The largest absolute Gasteiger partial charge is 0.303 e. The van der Waals surface area contributed by atoms with E-state index in [1.54, 1.807) is 11.8 Å². The van der Waals surface area contributed by atoms with Gasteiger partial charge in [-0.25, -0.2) is 0 Å². The fourth-order valence-electron chi connectivity index (χ4n) is 0.424. The van der Waals surface area contributed by atoms with Crippen molar-refractivity contribution in [3.8, 4) is 0 Å². The maximum Gasteiger partial charge on any atom is 0.125 e. The molecule has 0 fully saturated rings. The SMILES string of the molecule is CSCCC(C)(C)C=O. The first kappa shape index (κ1) is 9.02. The third kappa shape index (κ3) is 4.52. The van der Waals surface area contributed by atoms with E-state index in [1.165, 1.54) is 0 Å². The second-order valence-electron chi connectivity index (χ2n) is 2.85. The minimum atomic E-state index is -0.108. The topological polar surface area (TPSA) is 17.1 Å². The van der Waals surface area contributed by atoms with Crippen molar-refractivity contribution in [2.75, 3.05) is 12.0 Å². The molecule has 0 aliphatic rings. The van der Waals surface area contributed by atoms with Crippen LogP contribution in [0.5, 0.6) is 0 Å². The van der Waals surface area contributed by atoms with Gasteiger partial charge in [-0.2, -0.15) is 11.8 Å². The van der Waals surface area contributed by atoms with Crippen molar-refractivity contribution >= 4 is 18.0 Å². The zero-order valence-electron chi connectivity index (χ0n) is 6.31. The molecule has 0 aliphatic carbocycles. The van der Waals surface area contributed by atoms with E-state index in [0.29, 0.717) is 0 Å². The molecule has 1 nitrogen and oxygen atoms in total. The lowest BCUT2D eigenvalue weighted by Gasteiger charge is -2.14. The molecule has 0 saturated heterocycles. The van der Waals surface area contributed by atoms with Crippen LogP contribution in [0.3, 0.4) is 0 Å². The second kappa shape index (κ2) is 3.94. The van der Waals surface area contributed by atoms with Crippen LogP contribution in [0.4, 0.5) is 0 Å². The molecule has 0 aromatic heterocycles. The first-order chi connectivity index (χ1) is 4.12. The van der Waals surface area contributed by atoms with Crippen molar-refractivity contribution in [3.63, 3.8) is 0 Å². The number of rotatable bonds is 4. The van der Waals surface area contributed by atoms with Crippen LogP contribution in [0.2, 0.25) is 0 Å². The smallest absolute Gasteiger partial charge is 0.125 e. The Labute approximate surface area is 61.2 Å². The molecule has 9 heavy (non-hydrogen) atoms. The first-order valence-electron chi connectivity index (χ1n) is 3.07. The standard InChI is InChI=1S/C7H14OS/c1-7(2,6-8)4-5-9-3/h6H,4-5H2,1-3H3. The monoisotopic (exact) mass is 146 g/mol. The molecule has 0 radical (unpaired) electrons. The molecule has 0 heterocycles. The summed E-state index contributed by atoms with van der Waals surface area (Å²) in [5.41, 5.74) is -0.108. The van der Waals surface area contributed by atoms with Crippen molar-refractivity contribution < 1.29 is 4.79 Å². The summed E-state index contributed by atoms with van der Waals surface area (Å²) in [7, 11) is 0. The van der Waals surface area contributed by atoms with Gasteiger partial charge in [-0.05, 0) is 18.4 Å². The average Bonchev–Trinajstić information content (AvgIpc) is 1.84. The van der Waals surface area contributed by atoms with Crippen LogP contribution in [0, 0.1) is 5.41 Å². The van der Waals surface area contributed by atoms with Gasteiger partial charge in [0.1, 0.15) is 6.29 Å². The van der Waals surface area contributed by atoms with Crippen LogP contribution in [0.25, 0.3) is 0 Å². The number of thioether (sulfide) groups is 1. The minimum Gasteiger partial charge on any atom is -0.303 e. The molecule has 0 N–H and O–H groups in total. The van der Waals surface area contributed by atoms with Gasteiger partial charge in [0, 0.05) is 5.41 Å². The van der Waals surface area contributed by atoms with Gasteiger partial charge in [-0.15, -0.1) is 0 Å². The summed E-state index contributed by atoms with van der Waals surface area (Å²) in [6.45, 7) is 3.94. The summed E-state index contributed by atoms with van der Waals surface area (Å²) in [6, 6.07) is 0. The highest BCUT2D eigenvalue weighted by atomic mass is 32.2. The number of carbonyl (C=O) groups excluding carboxylic acids is 1. The van der Waals surface area contributed by atoms with E-state index < -0.39 is 0 Å². The molecule has 0 spiro atoms. The van der Waals surface area contributed by atoms with Gasteiger partial charge >= 0.3 is 0 Å². The molecule has 0 atom stereocenters. The summed E-state index contributed by atoms with van der Waals surface area (Å²) in [5, 5.41) is 0. The number of hydrogen-bond donors (Lipinski definition) is 0. The summed E-state index contributed by atoms with van der Waals surface area (Å²) in [4.78, 5) is 10.3. The third-order valence-electron chi connectivity index (χ3n) is 1.27. The second-order valence-corrected chi connectivity index (χ2v) is 3.83. The lowest BCUT2D eigenvalue weighted by atomic mass is 9.93. The van der Waals surface area contributed by atoms with E-state index in [2.05, 4.69) is 6.26 Å². The first-order valence-corrected chi connectivity index (χ1v) is 4.47. The maximum atomic E-state index is 10.3. The Bertz CT molecular complexity index is 88.9. The molecule has 0 aromatic rings. The maximum absolute atomic E-state index is 10.3. The summed E-state index contributed by atoms with van der Waals surface area (Å²) < 4.78 is 0. The van der Waals surface area contributed by atoms with Gasteiger partial charge < -0.3 is 4.79 Å². The Hall–Kier alpha value is 0.0200. The van der Waals surface area contributed by atoms with Crippen LogP contribution in [-0.2, 0) is 4.79 Å². The molecule has 0 rings (SSSR count). The van der Waals surface area contributed by atoms with Gasteiger partial charge in [-0.3, -0.25) is 0 Å². The Morgan fingerprint density at radius 3 is 2.44 bits per heavy atom. The van der Waals surface area contributed by atoms with Crippen LogP contribution >= 0.6 is 11.8 Å². The van der Waals surface area contributed by atoms with E-state index in [0.717, 1.165) is 18.5 Å². The normalized spacial score (nSPS) is 11.4. The van der Waals surface area contributed by atoms with Crippen molar-refractivity contribution in [1.82, 2.24) is 0 Å². The predicted octanol–water partition coefficient (Wildman–Crippen LogP) is 1.96. The molecule has 0 aromatic carbocycles. The van der Waals surface area contributed by atoms with E-state index in [9.17, 15) is 4.79 Å². The van der Waals surface area contributed by atoms with Crippen LogP contribution in [0.1, 0.15) is 20.3 Å². The minimum absolute atomic E-state index is 0.108. The highest BCUT2D eigenvalue weighted by molar-refractivity contribution is 7.98. The van der Waals surface area contributed by atoms with Crippen molar-refractivity contribution in [2.24, 2.45) is 5.41 Å². The number of hydrogen-bond acceptors (Lipinski definition) is 2. The van der Waals surface area contributed by atoms with Crippen LogP contribution in [-0.4, -0.2) is 18.3 Å². The molecule has 0 bridgehead atoms. The molecule has 0 amide bonds. The Balaban J connectivity index is 3.45. The zero-order valence-corrected chi connectivity index (χ0v) is 7.12. The summed E-state index contributed by atoms with van der Waals surface area (Å²) >= 11 is 1.78. The van der Waals surface area contributed by atoms with E-state index >= 15 is 0 Å². The number of aldehydes is 1. The van der Waals surface area contributed by atoms with Crippen molar-refractivity contribution in [2.45, 2.75) is 20.3 Å². The van der Waals surface area contributed by atoms with E-state index in [-0.39, 0.29) is 5.41 Å². The predicted molar refractivity (Wildman–Crippen MR) is 42.8 cm³/mol. The molecular weight excluding hydrogens is 132 g/mol. The fraction of sp³-hybridized carbons (Fsp3) is 0.857. The third-order valence-corrected chi connectivity index (χ3v) is 1.88. The Morgan fingerprint density at radius 2 is 2.11 bits per heavy atom. The highest BCUT2D eigenvalue weighted by Crippen LogP contribution is 2.18.